The first-order valence-corrected chi connectivity index (χ1v) is 7.98. The van der Waals surface area contributed by atoms with Crippen molar-refractivity contribution in [2.24, 2.45) is 0 Å². The van der Waals surface area contributed by atoms with Crippen LogP contribution in [0.1, 0.15) is 76.6 Å². The van der Waals surface area contributed by atoms with E-state index in [1.807, 2.05) is 6.07 Å². The first-order valence-electron chi connectivity index (χ1n) is 7.98. The molecule has 1 aliphatic rings. The Labute approximate surface area is 122 Å². The predicted molar refractivity (Wildman–Crippen MR) is 84.3 cm³/mol. The second-order valence-electron chi connectivity index (χ2n) is 6.59. The van der Waals surface area contributed by atoms with Crippen molar-refractivity contribution in [3.63, 3.8) is 0 Å². The van der Waals surface area contributed by atoms with Gasteiger partial charge in [-0.1, -0.05) is 46.6 Å². The molecule has 0 radical (unpaired) electrons. The van der Waals surface area contributed by atoms with E-state index >= 15 is 0 Å². The van der Waals surface area contributed by atoms with Crippen molar-refractivity contribution in [3.05, 3.63) is 33.7 Å². The fraction of sp³-hybridized carbons (Fsp3) is 0.706. The molecule has 0 aromatic carbocycles. The molecule has 0 unspecified atom stereocenters. The summed E-state index contributed by atoms with van der Waals surface area (Å²) in [4.78, 5) is 12.8. The van der Waals surface area contributed by atoms with Crippen LogP contribution in [-0.4, -0.2) is 10.6 Å². The molecule has 2 rings (SSSR count). The largest absolute Gasteiger partial charge is 0.310 e. The lowest BCUT2D eigenvalue weighted by Gasteiger charge is -2.22. The van der Waals surface area contributed by atoms with E-state index in [9.17, 15) is 4.79 Å². The Morgan fingerprint density at radius 3 is 2.40 bits per heavy atom. The number of hydrogen-bond donors (Lipinski definition) is 1. The third-order valence-electron chi connectivity index (χ3n) is 4.21. The molecule has 3 heteroatoms. The Morgan fingerprint density at radius 1 is 1.20 bits per heavy atom. The molecule has 0 atom stereocenters. The highest BCUT2D eigenvalue weighted by Crippen LogP contribution is 2.31. The lowest BCUT2D eigenvalue weighted by Crippen LogP contribution is -2.33. The third kappa shape index (κ3) is 3.32. The minimum atomic E-state index is 0.219. The lowest BCUT2D eigenvalue weighted by atomic mass is 10.1. The summed E-state index contributed by atoms with van der Waals surface area (Å²) < 4.78 is 2.09. The van der Waals surface area contributed by atoms with Gasteiger partial charge in [-0.25, -0.2) is 0 Å². The number of nitrogens with one attached hydrogen (secondary N) is 1. The van der Waals surface area contributed by atoms with E-state index in [1.165, 1.54) is 18.5 Å². The smallest absolute Gasteiger partial charge is 0.255 e. The second kappa shape index (κ2) is 6.57. The van der Waals surface area contributed by atoms with Crippen LogP contribution in [0.5, 0.6) is 0 Å². The molecule has 3 nitrogen and oxygen atoms in total. The van der Waals surface area contributed by atoms with Crippen molar-refractivity contribution in [2.75, 3.05) is 0 Å². The van der Waals surface area contributed by atoms with E-state index in [-0.39, 0.29) is 5.56 Å². The van der Waals surface area contributed by atoms with Gasteiger partial charge in [-0.15, -0.1) is 0 Å². The number of rotatable bonds is 5. The Bertz CT molecular complexity index is 496. The van der Waals surface area contributed by atoms with Crippen LogP contribution in [0.4, 0.5) is 0 Å². The summed E-state index contributed by atoms with van der Waals surface area (Å²) in [6.45, 7) is 9.23. The molecule has 20 heavy (non-hydrogen) atoms. The highest BCUT2D eigenvalue weighted by atomic mass is 16.1. The quantitative estimate of drug-likeness (QED) is 0.892. The fourth-order valence-corrected chi connectivity index (χ4v) is 3.07. The Balaban J connectivity index is 2.38. The maximum Gasteiger partial charge on any atom is 0.255 e. The van der Waals surface area contributed by atoms with E-state index in [0.29, 0.717) is 24.5 Å². The zero-order chi connectivity index (χ0) is 14.7. The van der Waals surface area contributed by atoms with E-state index in [0.717, 1.165) is 18.4 Å². The molecule has 0 bridgehead atoms. The normalized spacial score (nSPS) is 16.5. The predicted octanol–water partition coefficient (Wildman–Crippen LogP) is 3.58. The molecular weight excluding hydrogens is 248 g/mol. The molecule has 0 aliphatic heterocycles. The van der Waals surface area contributed by atoms with Gasteiger partial charge in [0, 0.05) is 29.9 Å². The topological polar surface area (TPSA) is 34.0 Å². The van der Waals surface area contributed by atoms with Gasteiger partial charge in [0.1, 0.15) is 0 Å². The first-order chi connectivity index (χ1) is 9.50. The number of hydrogen-bond acceptors (Lipinski definition) is 2. The van der Waals surface area contributed by atoms with E-state index < -0.39 is 0 Å². The molecule has 1 aromatic rings. The van der Waals surface area contributed by atoms with Gasteiger partial charge >= 0.3 is 0 Å². The lowest BCUT2D eigenvalue weighted by molar-refractivity contribution is 0.467. The molecule has 0 saturated heterocycles. The number of nitrogens with zero attached hydrogens (tertiary/aromatic N) is 1. The van der Waals surface area contributed by atoms with Crippen LogP contribution in [0.15, 0.2) is 16.9 Å². The molecule has 1 saturated carbocycles. The van der Waals surface area contributed by atoms with Gasteiger partial charge in [-0.3, -0.25) is 4.79 Å². The van der Waals surface area contributed by atoms with Crippen LogP contribution in [0.2, 0.25) is 0 Å². The number of aromatic nitrogens is 1. The van der Waals surface area contributed by atoms with Crippen LogP contribution in [0.25, 0.3) is 0 Å². The van der Waals surface area contributed by atoms with Crippen molar-refractivity contribution >= 4 is 0 Å². The zero-order valence-corrected chi connectivity index (χ0v) is 13.3. The molecule has 1 aromatic heterocycles. The van der Waals surface area contributed by atoms with Crippen LogP contribution >= 0.6 is 0 Å². The van der Waals surface area contributed by atoms with Crippen LogP contribution < -0.4 is 10.9 Å². The number of pyridine rings is 1. The maximum absolute atomic E-state index is 12.8. The summed E-state index contributed by atoms with van der Waals surface area (Å²) >= 11 is 0. The van der Waals surface area contributed by atoms with Crippen LogP contribution in [-0.2, 0) is 6.54 Å². The Kier molecular flexibility index (Phi) is 5.03. The monoisotopic (exact) mass is 276 g/mol. The Morgan fingerprint density at radius 2 is 1.85 bits per heavy atom. The summed E-state index contributed by atoms with van der Waals surface area (Å²) in [5, 5.41) is 3.36. The highest BCUT2D eigenvalue weighted by Gasteiger charge is 2.22. The van der Waals surface area contributed by atoms with E-state index in [4.69, 9.17) is 0 Å². The van der Waals surface area contributed by atoms with E-state index in [2.05, 4.69) is 43.6 Å². The SMILES string of the molecule is CC(C)NCc1ccc(C(C)C)n(C2CCCC2)c1=O. The molecule has 112 valence electrons. The first kappa shape index (κ1) is 15.3. The molecular formula is C17H28N2O. The summed E-state index contributed by atoms with van der Waals surface area (Å²) in [6.07, 6.45) is 4.81. The second-order valence-corrected chi connectivity index (χ2v) is 6.59. The van der Waals surface area contributed by atoms with Gasteiger partial charge in [-0.05, 0) is 24.8 Å². The van der Waals surface area contributed by atoms with Crippen LogP contribution in [0.3, 0.4) is 0 Å². The van der Waals surface area contributed by atoms with Crippen molar-refractivity contribution in [3.8, 4) is 0 Å². The molecule has 1 heterocycles. The van der Waals surface area contributed by atoms with Gasteiger partial charge in [0.15, 0.2) is 0 Å². The fourth-order valence-electron chi connectivity index (χ4n) is 3.07. The van der Waals surface area contributed by atoms with Gasteiger partial charge in [0.25, 0.3) is 5.56 Å². The average Bonchev–Trinajstić information content (AvgIpc) is 2.90. The zero-order valence-electron chi connectivity index (χ0n) is 13.3. The Hall–Kier alpha value is -1.09. The molecule has 1 N–H and O–H groups in total. The van der Waals surface area contributed by atoms with Gasteiger partial charge in [0.2, 0.25) is 0 Å². The summed E-state index contributed by atoms with van der Waals surface area (Å²) in [5.41, 5.74) is 2.31. The van der Waals surface area contributed by atoms with Gasteiger partial charge < -0.3 is 9.88 Å². The van der Waals surface area contributed by atoms with E-state index in [1.54, 1.807) is 0 Å². The van der Waals surface area contributed by atoms with Crippen molar-refractivity contribution in [2.45, 2.75) is 77.9 Å². The minimum Gasteiger partial charge on any atom is -0.310 e. The average molecular weight is 276 g/mol. The maximum atomic E-state index is 12.8. The van der Waals surface area contributed by atoms with Gasteiger partial charge in [0.05, 0.1) is 0 Å². The van der Waals surface area contributed by atoms with Crippen molar-refractivity contribution in [1.29, 1.82) is 0 Å². The highest BCUT2D eigenvalue weighted by molar-refractivity contribution is 5.19. The van der Waals surface area contributed by atoms with Crippen molar-refractivity contribution in [1.82, 2.24) is 9.88 Å². The van der Waals surface area contributed by atoms with Crippen LogP contribution in [0, 0.1) is 0 Å². The third-order valence-corrected chi connectivity index (χ3v) is 4.21. The standard InChI is InChI=1S/C17H28N2O/c1-12(2)16-10-9-14(11-18-13(3)4)17(20)19(16)15-7-5-6-8-15/h9-10,12-13,15,18H,5-8,11H2,1-4H3. The summed E-state index contributed by atoms with van der Waals surface area (Å²) in [5.74, 6) is 0.399. The molecule has 0 amide bonds. The van der Waals surface area contributed by atoms with Gasteiger partial charge in [-0.2, -0.15) is 0 Å². The molecule has 0 spiro atoms. The summed E-state index contributed by atoms with van der Waals surface area (Å²) in [7, 11) is 0. The minimum absolute atomic E-state index is 0.219. The van der Waals surface area contributed by atoms with Crippen molar-refractivity contribution < 1.29 is 0 Å². The summed E-state index contributed by atoms with van der Waals surface area (Å²) in [6, 6.07) is 4.98. The molecule has 1 aliphatic carbocycles. The molecule has 1 fully saturated rings.